The fraction of sp³-hybridized carbons (Fsp3) is 0.933. The van der Waals surface area contributed by atoms with E-state index in [-0.39, 0.29) is 5.97 Å². The molecule has 0 bridgehead atoms. The molecule has 1 N–H and O–H groups in total. The van der Waals surface area contributed by atoms with Gasteiger partial charge in [0.1, 0.15) is 0 Å². The minimum absolute atomic E-state index is 0.0789. The lowest BCUT2D eigenvalue weighted by atomic mass is 9.90. The van der Waals surface area contributed by atoms with Gasteiger partial charge in [-0.05, 0) is 38.5 Å². The fourth-order valence-electron chi connectivity index (χ4n) is 3.14. The van der Waals surface area contributed by atoms with Gasteiger partial charge < -0.3 is 10.1 Å². The second-order valence-corrected chi connectivity index (χ2v) is 6.03. The first-order chi connectivity index (χ1) is 9.21. The smallest absolute Gasteiger partial charge is 0.320 e. The van der Waals surface area contributed by atoms with Gasteiger partial charge in [-0.3, -0.25) is 9.69 Å². The first-order valence-corrected chi connectivity index (χ1v) is 7.85. The predicted octanol–water partition coefficient (Wildman–Crippen LogP) is 1.79. The lowest BCUT2D eigenvalue weighted by molar-refractivity contribution is -0.145. The molecule has 0 aromatic heterocycles. The van der Waals surface area contributed by atoms with Crippen LogP contribution in [-0.2, 0) is 9.53 Å². The summed E-state index contributed by atoms with van der Waals surface area (Å²) in [5, 5.41) is 3.72. The highest BCUT2D eigenvalue weighted by atomic mass is 16.5. The summed E-state index contributed by atoms with van der Waals surface area (Å²) >= 11 is 0. The summed E-state index contributed by atoms with van der Waals surface area (Å²) in [5.41, 5.74) is 0. The molecular formula is C15H28N2O2. The second-order valence-electron chi connectivity index (χ2n) is 6.03. The molecule has 1 saturated heterocycles. The molecule has 2 fully saturated rings. The SMILES string of the molecule is CCCC1CC(NC2CC2)CN(CC(=O)OCC)C1. The van der Waals surface area contributed by atoms with Crippen molar-refractivity contribution in [1.29, 1.82) is 0 Å². The Kier molecular flexibility index (Phi) is 5.64. The van der Waals surface area contributed by atoms with Crippen LogP contribution in [0.2, 0.25) is 0 Å². The second kappa shape index (κ2) is 7.25. The maximum atomic E-state index is 11.6. The zero-order valence-corrected chi connectivity index (χ0v) is 12.4. The molecule has 19 heavy (non-hydrogen) atoms. The van der Waals surface area contributed by atoms with E-state index in [0.717, 1.165) is 25.0 Å². The lowest BCUT2D eigenvalue weighted by Crippen LogP contribution is -2.51. The zero-order valence-electron chi connectivity index (χ0n) is 12.4. The quantitative estimate of drug-likeness (QED) is 0.715. The Hall–Kier alpha value is -0.610. The monoisotopic (exact) mass is 268 g/mol. The van der Waals surface area contributed by atoms with Crippen molar-refractivity contribution in [3.05, 3.63) is 0 Å². The molecule has 0 aromatic rings. The number of carbonyl (C=O) groups excluding carboxylic acids is 1. The Morgan fingerprint density at radius 1 is 1.26 bits per heavy atom. The van der Waals surface area contributed by atoms with Crippen molar-refractivity contribution in [3.8, 4) is 0 Å². The number of carbonyl (C=O) groups is 1. The largest absolute Gasteiger partial charge is 0.465 e. The van der Waals surface area contributed by atoms with Gasteiger partial charge in [-0.2, -0.15) is 0 Å². The summed E-state index contributed by atoms with van der Waals surface area (Å²) in [6, 6.07) is 1.31. The number of hydrogen-bond donors (Lipinski definition) is 1. The molecule has 0 amide bonds. The molecule has 1 aliphatic heterocycles. The van der Waals surface area contributed by atoms with Gasteiger partial charge in [0.2, 0.25) is 0 Å². The number of hydrogen-bond acceptors (Lipinski definition) is 4. The topological polar surface area (TPSA) is 41.6 Å². The van der Waals surface area contributed by atoms with Crippen molar-refractivity contribution in [1.82, 2.24) is 10.2 Å². The fourth-order valence-corrected chi connectivity index (χ4v) is 3.14. The van der Waals surface area contributed by atoms with Crippen LogP contribution in [0.3, 0.4) is 0 Å². The van der Waals surface area contributed by atoms with Crippen molar-refractivity contribution < 1.29 is 9.53 Å². The van der Waals surface area contributed by atoms with Crippen LogP contribution in [0.5, 0.6) is 0 Å². The molecular weight excluding hydrogens is 240 g/mol. The van der Waals surface area contributed by atoms with Crippen LogP contribution >= 0.6 is 0 Å². The number of nitrogens with one attached hydrogen (secondary N) is 1. The van der Waals surface area contributed by atoms with Gasteiger partial charge in [-0.25, -0.2) is 0 Å². The van der Waals surface area contributed by atoms with Crippen LogP contribution in [0, 0.1) is 5.92 Å². The Morgan fingerprint density at radius 3 is 2.68 bits per heavy atom. The molecule has 0 spiro atoms. The molecule has 1 heterocycles. The number of piperidine rings is 1. The van der Waals surface area contributed by atoms with Gasteiger partial charge in [0.15, 0.2) is 0 Å². The van der Waals surface area contributed by atoms with E-state index >= 15 is 0 Å². The summed E-state index contributed by atoms with van der Waals surface area (Å²) in [5.74, 6) is 0.647. The molecule has 4 nitrogen and oxygen atoms in total. The van der Waals surface area contributed by atoms with Crippen molar-refractivity contribution in [3.63, 3.8) is 0 Å². The minimum atomic E-state index is -0.0789. The van der Waals surface area contributed by atoms with Gasteiger partial charge in [0.05, 0.1) is 13.2 Å². The molecule has 4 heteroatoms. The average Bonchev–Trinajstić information content (AvgIpc) is 3.13. The van der Waals surface area contributed by atoms with E-state index in [9.17, 15) is 4.79 Å². The maximum Gasteiger partial charge on any atom is 0.320 e. The van der Waals surface area contributed by atoms with Crippen LogP contribution in [0.4, 0.5) is 0 Å². The third-order valence-corrected chi connectivity index (χ3v) is 4.02. The van der Waals surface area contributed by atoms with Gasteiger partial charge in [-0.1, -0.05) is 13.3 Å². The van der Waals surface area contributed by atoms with Crippen LogP contribution in [0.1, 0.15) is 46.0 Å². The van der Waals surface area contributed by atoms with E-state index in [2.05, 4.69) is 17.1 Å². The molecule has 1 aliphatic carbocycles. The number of ether oxygens (including phenoxy) is 1. The van der Waals surface area contributed by atoms with Crippen molar-refractivity contribution >= 4 is 5.97 Å². The van der Waals surface area contributed by atoms with E-state index in [0.29, 0.717) is 19.2 Å². The molecule has 2 rings (SSSR count). The Labute approximate surface area is 116 Å². The van der Waals surface area contributed by atoms with E-state index < -0.39 is 0 Å². The summed E-state index contributed by atoms with van der Waals surface area (Å²) in [6.07, 6.45) is 6.42. The Balaban J connectivity index is 1.83. The van der Waals surface area contributed by atoms with Gasteiger partial charge in [-0.15, -0.1) is 0 Å². The average molecular weight is 268 g/mol. The highest BCUT2D eigenvalue weighted by Crippen LogP contribution is 2.25. The molecule has 0 radical (unpaired) electrons. The van der Waals surface area contributed by atoms with Crippen LogP contribution in [0.25, 0.3) is 0 Å². The van der Waals surface area contributed by atoms with Crippen molar-refractivity contribution in [2.24, 2.45) is 5.92 Å². The van der Waals surface area contributed by atoms with Gasteiger partial charge in [0.25, 0.3) is 0 Å². The van der Waals surface area contributed by atoms with Crippen molar-refractivity contribution in [2.45, 2.75) is 58.0 Å². The first kappa shape index (κ1) is 14.8. The van der Waals surface area contributed by atoms with Crippen LogP contribution in [-0.4, -0.2) is 49.2 Å². The summed E-state index contributed by atoms with van der Waals surface area (Å²) in [7, 11) is 0. The van der Waals surface area contributed by atoms with E-state index in [1.165, 1.54) is 32.1 Å². The number of likely N-dealkylation sites (tertiary alicyclic amines) is 1. The van der Waals surface area contributed by atoms with Crippen molar-refractivity contribution in [2.75, 3.05) is 26.2 Å². The van der Waals surface area contributed by atoms with E-state index in [1.807, 2.05) is 6.92 Å². The minimum Gasteiger partial charge on any atom is -0.465 e. The normalized spacial score (nSPS) is 28.3. The summed E-state index contributed by atoms with van der Waals surface area (Å²) in [6.45, 7) is 7.09. The molecule has 1 saturated carbocycles. The summed E-state index contributed by atoms with van der Waals surface area (Å²) in [4.78, 5) is 13.9. The molecule has 2 aliphatic rings. The Morgan fingerprint density at radius 2 is 2.05 bits per heavy atom. The molecule has 110 valence electrons. The molecule has 2 atom stereocenters. The predicted molar refractivity (Wildman–Crippen MR) is 76.0 cm³/mol. The highest BCUT2D eigenvalue weighted by Gasteiger charge is 2.31. The maximum absolute atomic E-state index is 11.6. The Bertz CT molecular complexity index is 292. The first-order valence-electron chi connectivity index (χ1n) is 7.85. The standard InChI is InChI=1S/C15H28N2O2/c1-3-5-12-8-14(16-13-6-7-13)10-17(9-12)11-15(18)19-4-2/h12-14,16H,3-11H2,1-2H3. The number of rotatable bonds is 7. The highest BCUT2D eigenvalue weighted by molar-refractivity contribution is 5.71. The number of nitrogens with zero attached hydrogens (tertiary/aromatic N) is 1. The van der Waals surface area contributed by atoms with Gasteiger partial charge >= 0.3 is 5.97 Å². The lowest BCUT2D eigenvalue weighted by Gasteiger charge is -2.37. The number of esters is 1. The third kappa shape index (κ3) is 5.11. The van der Waals surface area contributed by atoms with Crippen LogP contribution < -0.4 is 5.32 Å². The van der Waals surface area contributed by atoms with Crippen LogP contribution in [0.15, 0.2) is 0 Å². The van der Waals surface area contributed by atoms with Gasteiger partial charge in [0, 0.05) is 25.2 Å². The zero-order chi connectivity index (χ0) is 13.7. The van der Waals surface area contributed by atoms with E-state index in [1.54, 1.807) is 0 Å². The molecule has 2 unspecified atom stereocenters. The third-order valence-electron chi connectivity index (χ3n) is 4.02. The summed E-state index contributed by atoms with van der Waals surface area (Å²) < 4.78 is 5.07. The van der Waals surface area contributed by atoms with E-state index in [4.69, 9.17) is 4.74 Å². The molecule has 0 aromatic carbocycles.